The standard InChI is InChI=1S/C11H15NO2/c1-10-6-4-3-5-7(6)11(10,2)9(14)12-8(10)13/h6-7H,3-5H2,1-2H3,(H,12,13,14)/t6-,7?,10?,11?/m1/s1. The number of carbonyl (C=O) groups excluding carboxylic acids is 2. The second-order valence-corrected chi connectivity index (χ2v) is 5.33. The molecule has 1 saturated heterocycles. The Hall–Kier alpha value is -0.860. The smallest absolute Gasteiger partial charge is 0.233 e. The quantitative estimate of drug-likeness (QED) is 0.585. The Morgan fingerprint density at radius 3 is 1.93 bits per heavy atom. The van der Waals surface area contributed by atoms with Crippen LogP contribution in [0.1, 0.15) is 33.1 Å². The zero-order valence-corrected chi connectivity index (χ0v) is 8.59. The summed E-state index contributed by atoms with van der Waals surface area (Å²) in [4.78, 5) is 23.6. The van der Waals surface area contributed by atoms with Gasteiger partial charge in [-0.25, -0.2) is 0 Å². The van der Waals surface area contributed by atoms with Crippen LogP contribution in [0.5, 0.6) is 0 Å². The number of fused-ring (bicyclic) bond motifs is 4. The molecule has 0 spiro atoms. The van der Waals surface area contributed by atoms with Gasteiger partial charge in [0.25, 0.3) is 0 Å². The van der Waals surface area contributed by atoms with Gasteiger partial charge in [-0.1, -0.05) is 6.42 Å². The van der Waals surface area contributed by atoms with Crippen molar-refractivity contribution in [1.82, 2.24) is 5.32 Å². The molecule has 0 aromatic heterocycles. The first-order valence-corrected chi connectivity index (χ1v) is 5.39. The summed E-state index contributed by atoms with van der Waals surface area (Å²) in [5.74, 6) is 0.846. The lowest BCUT2D eigenvalue weighted by molar-refractivity contribution is -0.176. The summed E-state index contributed by atoms with van der Waals surface area (Å²) in [5, 5.41) is 2.51. The van der Waals surface area contributed by atoms with Crippen LogP contribution in [0.15, 0.2) is 0 Å². The maximum absolute atomic E-state index is 11.8. The highest BCUT2D eigenvalue weighted by molar-refractivity contribution is 6.11. The summed E-state index contributed by atoms with van der Waals surface area (Å²) >= 11 is 0. The second-order valence-electron chi connectivity index (χ2n) is 5.33. The Kier molecular flexibility index (Phi) is 1.23. The molecule has 2 amide bonds. The van der Waals surface area contributed by atoms with Gasteiger partial charge in [0, 0.05) is 0 Å². The Morgan fingerprint density at radius 2 is 1.50 bits per heavy atom. The van der Waals surface area contributed by atoms with E-state index in [2.05, 4.69) is 5.32 Å². The zero-order valence-electron chi connectivity index (χ0n) is 8.59. The first kappa shape index (κ1) is 8.45. The van der Waals surface area contributed by atoms with Gasteiger partial charge in [0.15, 0.2) is 0 Å². The van der Waals surface area contributed by atoms with Crippen LogP contribution in [0.4, 0.5) is 0 Å². The van der Waals surface area contributed by atoms with E-state index in [1.165, 1.54) is 6.42 Å². The summed E-state index contributed by atoms with van der Waals surface area (Å²) in [5.41, 5.74) is -0.795. The number of carbonyl (C=O) groups is 2. The molecule has 1 N–H and O–H groups in total. The predicted octanol–water partition coefficient (Wildman–Crippen LogP) is 1.09. The molecule has 3 heteroatoms. The lowest BCUT2D eigenvalue weighted by atomic mass is 9.41. The average Bonchev–Trinajstić information content (AvgIpc) is 2.65. The van der Waals surface area contributed by atoms with Crippen LogP contribution in [0.25, 0.3) is 0 Å². The SMILES string of the molecule is CC12C(=O)NC(=O)C1(C)[C@@H]1CCCC12. The number of hydrogen-bond donors (Lipinski definition) is 1. The Balaban J connectivity index is 2.13. The van der Waals surface area contributed by atoms with Crippen LogP contribution in [-0.4, -0.2) is 11.8 Å². The molecule has 1 heterocycles. The number of imide groups is 1. The molecule has 1 aliphatic heterocycles. The third kappa shape index (κ3) is 0.538. The lowest BCUT2D eigenvalue weighted by Gasteiger charge is -2.58. The van der Waals surface area contributed by atoms with Crippen molar-refractivity contribution < 1.29 is 9.59 Å². The van der Waals surface area contributed by atoms with Gasteiger partial charge < -0.3 is 0 Å². The number of nitrogens with one attached hydrogen (secondary N) is 1. The number of hydrogen-bond acceptors (Lipinski definition) is 2. The van der Waals surface area contributed by atoms with Gasteiger partial charge >= 0.3 is 0 Å². The van der Waals surface area contributed by atoms with Crippen LogP contribution in [0, 0.1) is 22.7 Å². The maximum Gasteiger partial charge on any atom is 0.233 e. The minimum Gasteiger partial charge on any atom is -0.295 e. The molecule has 3 unspecified atom stereocenters. The third-order valence-corrected chi connectivity index (χ3v) is 5.25. The van der Waals surface area contributed by atoms with E-state index in [-0.39, 0.29) is 11.8 Å². The van der Waals surface area contributed by atoms with Crippen molar-refractivity contribution in [3.8, 4) is 0 Å². The van der Waals surface area contributed by atoms with Crippen LogP contribution >= 0.6 is 0 Å². The van der Waals surface area contributed by atoms with Crippen molar-refractivity contribution in [2.24, 2.45) is 22.7 Å². The van der Waals surface area contributed by atoms with Crippen LogP contribution in [0.3, 0.4) is 0 Å². The molecule has 4 atom stereocenters. The van der Waals surface area contributed by atoms with Crippen molar-refractivity contribution >= 4 is 11.8 Å². The molecule has 3 aliphatic rings. The molecule has 2 saturated carbocycles. The predicted molar refractivity (Wildman–Crippen MR) is 50.2 cm³/mol. The van der Waals surface area contributed by atoms with E-state index >= 15 is 0 Å². The van der Waals surface area contributed by atoms with Crippen molar-refractivity contribution in [2.45, 2.75) is 33.1 Å². The highest BCUT2D eigenvalue weighted by Crippen LogP contribution is 2.72. The van der Waals surface area contributed by atoms with E-state index in [0.717, 1.165) is 12.8 Å². The molecule has 0 aromatic rings. The number of amides is 2. The van der Waals surface area contributed by atoms with E-state index in [9.17, 15) is 9.59 Å². The second kappa shape index (κ2) is 2.05. The topological polar surface area (TPSA) is 46.2 Å². The average molecular weight is 193 g/mol. The van der Waals surface area contributed by atoms with E-state index in [1.807, 2.05) is 13.8 Å². The molecule has 0 aromatic carbocycles. The molecule has 0 radical (unpaired) electrons. The minimum absolute atomic E-state index is 0.0341. The van der Waals surface area contributed by atoms with Crippen molar-refractivity contribution in [1.29, 1.82) is 0 Å². The number of rotatable bonds is 0. The maximum atomic E-state index is 11.8. The molecule has 0 bridgehead atoms. The Labute approximate surface area is 83.2 Å². The third-order valence-electron chi connectivity index (χ3n) is 5.25. The van der Waals surface area contributed by atoms with E-state index in [4.69, 9.17) is 0 Å². The molecular formula is C11H15NO2. The molecule has 76 valence electrons. The van der Waals surface area contributed by atoms with Gasteiger partial charge in [-0.15, -0.1) is 0 Å². The van der Waals surface area contributed by atoms with E-state index in [0.29, 0.717) is 11.8 Å². The van der Waals surface area contributed by atoms with Crippen molar-refractivity contribution in [2.75, 3.05) is 0 Å². The molecule has 3 fully saturated rings. The van der Waals surface area contributed by atoms with Crippen LogP contribution in [0.2, 0.25) is 0 Å². The summed E-state index contributed by atoms with van der Waals surface area (Å²) < 4.78 is 0. The fourth-order valence-corrected chi connectivity index (χ4v) is 4.19. The van der Waals surface area contributed by atoms with Gasteiger partial charge in [-0.3, -0.25) is 14.9 Å². The molecule has 3 nitrogen and oxygen atoms in total. The lowest BCUT2D eigenvalue weighted by Crippen LogP contribution is -2.62. The zero-order chi connectivity index (χ0) is 10.1. The highest BCUT2D eigenvalue weighted by atomic mass is 16.2. The van der Waals surface area contributed by atoms with Crippen LogP contribution < -0.4 is 5.32 Å². The largest absolute Gasteiger partial charge is 0.295 e. The molecule has 2 aliphatic carbocycles. The molecule has 3 rings (SSSR count). The van der Waals surface area contributed by atoms with E-state index < -0.39 is 10.8 Å². The van der Waals surface area contributed by atoms with Gasteiger partial charge in [-0.05, 0) is 38.5 Å². The minimum atomic E-state index is -0.398. The fourth-order valence-electron chi connectivity index (χ4n) is 4.19. The summed E-state index contributed by atoms with van der Waals surface area (Å²) in [6.07, 6.45) is 3.43. The molecular weight excluding hydrogens is 178 g/mol. The first-order chi connectivity index (χ1) is 6.53. The first-order valence-electron chi connectivity index (χ1n) is 5.39. The van der Waals surface area contributed by atoms with Gasteiger partial charge in [-0.2, -0.15) is 0 Å². The monoisotopic (exact) mass is 193 g/mol. The highest BCUT2D eigenvalue weighted by Gasteiger charge is 2.77. The van der Waals surface area contributed by atoms with E-state index in [1.54, 1.807) is 0 Å². The Morgan fingerprint density at radius 1 is 1.07 bits per heavy atom. The van der Waals surface area contributed by atoms with Gasteiger partial charge in [0.1, 0.15) is 0 Å². The summed E-state index contributed by atoms with van der Waals surface area (Å²) in [7, 11) is 0. The normalized spacial score (nSPS) is 55.0. The van der Waals surface area contributed by atoms with Gasteiger partial charge in [0.05, 0.1) is 10.8 Å². The summed E-state index contributed by atoms with van der Waals surface area (Å²) in [6, 6.07) is 0. The molecule has 14 heavy (non-hydrogen) atoms. The van der Waals surface area contributed by atoms with Crippen LogP contribution in [-0.2, 0) is 9.59 Å². The van der Waals surface area contributed by atoms with Crippen molar-refractivity contribution in [3.05, 3.63) is 0 Å². The summed E-state index contributed by atoms with van der Waals surface area (Å²) in [6.45, 7) is 3.94. The van der Waals surface area contributed by atoms with Crippen molar-refractivity contribution in [3.63, 3.8) is 0 Å². The Bertz CT molecular complexity index is 319. The fraction of sp³-hybridized carbons (Fsp3) is 0.818. The van der Waals surface area contributed by atoms with Gasteiger partial charge in [0.2, 0.25) is 11.8 Å².